The number of fused-ring (bicyclic) bond motifs is 2. The number of hydrogen-bond acceptors (Lipinski definition) is 4. The summed E-state index contributed by atoms with van der Waals surface area (Å²) < 4.78 is 16.1. The topological polar surface area (TPSA) is 87.8 Å². The van der Waals surface area contributed by atoms with Crippen LogP contribution in [0.15, 0.2) is 84.2 Å². The Morgan fingerprint density at radius 1 is 1.09 bits per heavy atom. The molecule has 2 aliphatic carbocycles. The van der Waals surface area contributed by atoms with E-state index in [9.17, 15) is 19.2 Å². The molecule has 1 heterocycles. The minimum atomic E-state index is -1.61. The first-order valence-electron chi connectivity index (χ1n) is 10.3. The molecule has 0 aliphatic heterocycles. The second kappa shape index (κ2) is 8.17. The third-order valence-electron chi connectivity index (χ3n) is 5.60. The molecule has 33 heavy (non-hydrogen) atoms. The number of nitrogens with zero attached hydrogens (tertiary/aromatic N) is 3. The summed E-state index contributed by atoms with van der Waals surface area (Å²) in [5.41, 5.74) is 2.15. The van der Waals surface area contributed by atoms with Gasteiger partial charge in [0.05, 0.1) is 17.1 Å². The molecular weight excluding hydrogens is 419 g/mol. The van der Waals surface area contributed by atoms with E-state index in [1.165, 1.54) is 6.08 Å². The van der Waals surface area contributed by atoms with Gasteiger partial charge in [-0.2, -0.15) is 10.4 Å². The Morgan fingerprint density at radius 2 is 1.79 bits per heavy atom. The monoisotopic (exact) mass is 436 g/mol. The minimum absolute atomic E-state index is 0.0204. The third kappa shape index (κ3) is 3.48. The summed E-state index contributed by atoms with van der Waals surface area (Å²) in [6.07, 6.45) is 5.15. The number of carbonyl (C=O) groups is 2. The molecule has 2 aromatic carbocycles. The van der Waals surface area contributed by atoms with Gasteiger partial charge in [-0.1, -0.05) is 42.5 Å². The SMILES string of the molecule is N#CC(C(=O)Nc1ccccc1)C(=O)c1nn(-c2ccccc2)c2c1=C1CC=CC(F)=C1C=2. The number of benzene rings is 2. The lowest BCUT2D eigenvalue weighted by Crippen LogP contribution is -2.34. The molecule has 0 saturated heterocycles. The van der Waals surface area contributed by atoms with E-state index in [4.69, 9.17) is 0 Å². The van der Waals surface area contributed by atoms with Crippen LogP contribution >= 0.6 is 0 Å². The molecule has 0 radical (unpaired) electrons. The highest BCUT2D eigenvalue weighted by Crippen LogP contribution is 2.29. The third-order valence-corrected chi connectivity index (χ3v) is 5.60. The zero-order chi connectivity index (χ0) is 22.9. The van der Waals surface area contributed by atoms with Crippen LogP contribution in [-0.4, -0.2) is 21.5 Å². The first kappa shape index (κ1) is 20.3. The van der Waals surface area contributed by atoms with Gasteiger partial charge in [0.2, 0.25) is 11.7 Å². The normalized spacial score (nSPS) is 14.7. The van der Waals surface area contributed by atoms with Gasteiger partial charge in [0.1, 0.15) is 11.5 Å². The average molecular weight is 436 g/mol. The van der Waals surface area contributed by atoms with Gasteiger partial charge in [-0.15, -0.1) is 0 Å². The summed E-state index contributed by atoms with van der Waals surface area (Å²) in [4.78, 5) is 26.2. The van der Waals surface area contributed by atoms with Gasteiger partial charge in [-0.25, -0.2) is 9.07 Å². The molecule has 0 bridgehead atoms. The summed E-state index contributed by atoms with van der Waals surface area (Å²) in [6, 6.07) is 19.5. The molecule has 6 nitrogen and oxygen atoms in total. The van der Waals surface area contributed by atoms with E-state index >= 15 is 0 Å². The Bertz CT molecular complexity index is 1510. The smallest absolute Gasteiger partial charge is 0.249 e. The molecule has 160 valence electrons. The standard InChI is InChI=1S/C26H17FN4O2/c27-21-13-7-12-18-19(21)14-22-23(18)24(30-31(22)17-10-5-2-6-11-17)25(32)20(15-28)26(33)29-16-8-3-1-4-9-16/h1-11,13-14,20H,12H2,(H,29,33). The van der Waals surface area contributed by atoms with Gasteiger partial charge in [-0.05, 0) is 48.4 Å². The maximum absolute atomic E-state index is 14.6. The van der Waals surface area contributed by atoms with Crippen LogP contribution < -0.4 is 15.9 Å². The van der Waals surface area contributed by atoms with Gasteiger partial charge >= 0.3 is 0 Å². The number of Topliss-reactive ketones (excluding diaryl/α,β-unsaturated/α-hetero) is 1. The number of ketones is 1. The quantitative estimate of drug-likeness (QED) is 0.492. The first-order chi connectivity index (χ1) is 16.1. The van der Waals surface area contributed by atoms with E-state index in [1.807, 2.05) is 36.4 Å². The van der Waals surface area contributed by atoms with Crippen LogP contribution in [0.4, 0.5) is 10.1 Å². The van der Waals surface area contributed by atoms with Crippen molar-refractivity contribution in [3.8, 4) is 11.8 Å². The number of anilines is 1. The van der Waals surface area contributed by atoms with Crippen LogP contribution in [0.3, 0.4) is 0 Å². The van der Waals surface area contributed by atoms with Crippen molar-refractivity contribution in [2.45, 2.75) is 6.42 Å². The zero-order valence-corrected chi connectivity index (χ0v) is 17.3. The highest BCUT2D eigenvalue weighted by molar-refractivity contribution is 6.15. The largest absolute Gasteiger partial charge is 0.325 e. The van der Waals surface area contributed by atoms with E-state index in [1.54, 1.807) is 47.2 Å². The Hall–Kier alpha value is -4.57. The predicted molar refractivity (Wildman–Crippen MR) is 121 cm³/mol. The minimum Gasteiger partial charge on any atom is -0.325 e. The molecule has 0 fully saturated rings. The van der Waals surface area contributed by atoms with Gasteiger partial charge < -0.3 is 5.32 Å². The van der Waals surface area contributed by atoms with Crippen LogP contribution in [0.1, 0.15) is 16.9 Å². The van der Waals surface area contributed by atoms with Gasteiger partial charge in [0.15, 0.2) is 5.92 Å². The molecule has 1 N–H and O–H groups in total. The number of rotatable bonds is 5. The molecule has 3 aromatic rings. The highest BCUT2D eigenvalue weighted by atomic mass is 19.1. The van der Waals surface area contributed by atoms with Crippen molar-refractivity contribution >= 4 is 29.0 Å². The number of nitriles is 1. The number of nitrogens with one attached hydrogen (secondary N) is 1. The second-order valence-corrected chi connectivity index (χ2v) is 7.63. The van der Waals surface area contributed by atoms with E-state index in [-0.39, 0.29) is 5.69 Å². The van der Waals surface area contributed by atoms with E-state index in [0.29, 0.717) is 39.5 Å². The van der Waals surface area contributed by atoms with Crippen molar-refractivity contribution in [3.05, 3.63) is 100 Å². The Morgan fingerprint density at radius 3 is 2.48 bits per heavy atom. The lowest BCUT2D eigenvalue weighted by molar-refractivity contribution is -0.117. The summed E-state index contributed by atoms with van der Waals surface area (Å²) >= 11 is 0. The fraction of sp³-hybridized carbons (Fsp3) is 0.0769. The molecule has 1 atom stereocenters. The van der Waals surface area contributed by atoms with E-state index in [2.05, 4.69) is 10.4 Å². The van der Waals surface area contributed by atoms with Gasteiger partial charge in [-0.3, -0.25) is 9.59 Å². The van der Waals surface area contributed by atoms with Crippen LogP contribution in [0, 0.1) is 17.2 Å². The molecular formula is C26H17FN4O2. The summed E-state index contributed by atoms with van der Waals surface area (Å²) in [5, 5.41) is 17.8. The number of halogens is 1. The van der Waals surface area contributed by atoms with Crippen LogP contribution in [0.5, 0.6) is 0 Å². The van der Waals surface area contributed by atoms with E-state index < -0.39 is 23.4 Å². The number of aromatic nitrogens is 2. The van der Waals surface area contributed by atoms with Crippen molar-refractivity contribution in [3.63, 3.8) is 0 Å². The van der Waals surface area contributed by atoms with E-state index in [0.717, 1.165) is 0 Å². The first-order valence-corrected chi connectivity index (χ1v) is 10.3. The van der Waals surface area contributed by atoms with Gasteiger partial charge in [0.25, 0.3) is 0 Å². The number of hydrogen-bond donors (Lipinski definition) is 1. The average Bonchev–Trinajstić information content (AvgIpc) is 3.39. The van der Waals surface area contributed by atoms with Crippen molar-refractivity contribution in [1.29, 1.82) is 5.26 Å². The Balaban J connectivity index is 1.64. The fourth-order valence-electron chi connectivity index (χ4n) is 4.06. The lowest BCUT2D eigenvalue weighted by Gasteiger charge is -2.10. The molecule has 1 aromatic heterocycles. The molecule has 1 amide bonds. The molecule has 7 heteroatoms. The molecule has 0 saturated carbocycles. The molecule has 5 rings (SSSR count). The maximum Gasteiger partial charge on any atom is 0.249 e. The van der Waals surface area contributed by atoms with Crippen molar-refractivity contribution in [1.82, 2.24) is 9.78 Å². The Labute approximate surface area is 188 Å². The number of amides is 1. The fourth-order valence-corrected chi connectivity index (χ4v) is 4.06. The molecule has 0 spiro atoms. The summed E-state index contributed by atoms with van der Waals surface area (Å²) in [5.74, 6) is -3.47. The summed E-state index contributed by atoms with van der Waals surface area (Å²) in [7, 11) is 0. The Kier molecular flexibility index (Phi) is 5.04. The van der Waals surface area contributed by atoms with Crippen LogP contribution in [0.25, 0.3) is 17.3 Å². The number of para-hydroxylation sites is 2. The van der Waals surface area contributed by atoms with Crippen molar-refractivity contribution in [2.75, 3.05) is 5.32 Å². The second-order valence-electron chi connectivity index (χ2n) is 7.63. The molecule has 1 unspecified atom stereocenters. The van der Waals surface area contributed by atoms with Crippen molar-refractivity contribution in [2.24, 2.45) is 5.92 Å². The number of carbonyl (C=O) groups excluding carboxylic acids is 2. The van der Waals surface area contributed by atoms with Crippen molar-refractivity contribution < 1.29 is 14.0 Å². The van der Waals surface area contributed by atoms with Crippen LogP contribution in [-0.2, 0) is 4.79 Å². The van der Waals surface area contributed by atoms with Crippen LogP contribution in [0.2, 0.25) is 0 Å². The maximum atomic E-state index is 14.6. The predicted octanol–water partition coefficient (Wildman–Crippen LogP) is 2.96. The number of allylic oxidation sites excluding steroid dienone is 4. The van der Waals surface area contributed by atoms with Gasteiger partial charge in [0, 0.05) is 16.5 Å². The molecule has 2 aliphatic rings. The lowest BCUT2D eigenvalue weighted by atomic mass is 9.96. The highest BCUT2D eigenvalue weighted by Gasteiger charge is 2.33. The summed E-state index contributed by atoms with van der Waals surface area (Å²) in [6.45, 7) is 0. The zero-order valence-electron chi connectivity index (χ0n) is 17.3.